The van der Waals surface area contributed by atoms with Gasteiger partial charge >= 0.3 is 5.69 Å². The van der Waals surface area contributed by atoms with Crippen molar-refractivity contribution in [2.24, 2.45) is 14.1 Å². The molecule has 0 N–H and O–H groups in total. The van der Waals surface area contributed by atoms with Crippen molar-refractivity contribution >= 4 is 26.8 Å². The van der Waals surface area contributed by atoms with Gasteiger partial charge in [-0.1, -0.05) is 6.92 Å². The van der Waals surface area contributed by atoms with Crippen molar-refractivity contribution in [2.45, 2.75) is 11.8 Å². The summed E-state index contributed by atoms with van der Waals surface area (Å²) < 4.78 is 29.2. The highest BCUT2D eigenvalue weighted by molar-refractivity contribution is 7.89. The molecule has 3 rings (SSSR count). The average Bonchev–Trinajstić information content (AvgIpc) is 2.75. The highest BCUT2D eigenvalue weighted by atomic mass is 32.2. The summed E-state index contributed by atoms with van der Waals surface area (Å²) in [5, 5.41) is 0.121. The minimum absolute atomic E-state index is 0.100. The van der Waals surface area contributed by atoms with Crippen molar-refractivity contribution in [1.29, 1.82) is 0 Å². The van der Waals surface area contributed by atoms with E-state index >= 15 is 0 Å². The van der Waals surface area contributed by atoms with Gasteiger partial charge in [0, 0.05) is 47.3 Å². The molecule has 0 atom stereocenters. The van der Waals surface area contributed by atoms with Gasteiger partial charge in [0.1, 0.15) is 0 Å². The number of rotatable bonds is 5. The minimum atomic E-state index is -3.99. The first-order valence-corrected chi connectivity index (χ1v) is 11.2. The Hall–Kier alpha value is -2.50. The van der Waals surface area contributed by atoms with Gasteiger partial charge in [0.2, 0.25) is 15.9 Å². The molecule has 1 aliphatic heterocycles. The van der Waals surface area contributed by atoms with Crippen LogP contribution in [0.25, 0.3) is 10.9 Å². The third-order valence-electron chi connectivity index (χ3n) is 5.68. The molecule has 0 bridgehead atoms. The molecule has 30 heavy (non-hydrogen) atoms. The van der Waals surface area contributed by atoms with Crippen molar-refractivity contribution < 1.29 is 13.2 Å². The highest BCUT2D eigenvalue weighted by Gasteiger charge is 2.27. The molecule has 1 saturated heterocycles. The second-order valence-electron chi connectivity index (χ2n) is 7.46. The topological polar surface area (TPSA) is 105 Å². The minimum Gasteiger partial charge on any atom is -0.339 e. The van der Waals surface area contributed by atoms with E-state index in [1.165, 1.54) is 43.9 Å². The first-order valence-electron chi connectivity index (χ1n) is 9.74. The maximum atomic E-state index is 13.0. The predicted octanol–water partition coefficient (Wildman–Crippen LogP) is -0.978. The molecule has 2 heterocycles. The molecular formula is C19H27N5O5S. The molecule has 1 aliphatic rings. The summed E-state index contributed by atoms with van der Waals surface area (Å²) in [6, 6.07) is 4.04. The van der Waals surface area contributed by atoms with Crippen LogP contribution >= 0.6 is 0 Å². The number of sulfonamides is 1. The number of aryl methyl sites for hydroxylation is 1. The standard InChI is InChI=1S/C19H27N5O5S/c1-5-23-8-10-24(11-9-23)17(25)13-20(2)30(28,29)14-6-7-16-15(12-14)18(26)22(4)19(27)21(16)3/h6-7,12H,5,8-11,13H2,1-4H3. The number of amides is 1. The van der Waals surface area contributed by atoms with Crippen molar-refractivity contribution in [3.63, 3.8) is 0 Å². The fourth-order valence-electron chi connectivity index (χ4n) is 3.60. The van der Waals surface area contributed by atoms with Crippen molar-refractivity contribution in [3.05, 3.63) is 39.0 Å². The molecule has 1 fully saturated rings. The lowest BCUT2D eigenvalue weighted by Crippen LogP contribution is -2.51. The van der Waals surface area contributed by atoms with Crippen molar-refractivity contribution in [1.82, 2.24) is 23.2 Å². The van der Waals surface area contributed by atoms with Gasteiger partial charge in [0.15, 0.2) is 0 Å². The number of carbonyl (C=O) groups excluding carboxylic acids is 1. The van der Waals surface area contributed by atoms with Gasteiger partial charge in [0.25, 0.3) is 5.56 Å². The van der Waals surface area contributed by atoms with Crippen LogP contribution in [-0.2, 0) is 28.9 Å². The van der Waals surface area contributed by atoms with Gasteiger partial charge in [-0.25, -0.2) is 13.2 Å². The molecule has 0 spiro atoms. The van der Waals surface area contributed by atoms with Crippen molar-refractivity contribution in [2.75, 3.05) is 46.3 Å². The molecule has 0 unspecified atom stereocenters. The van der Waals surface area contributed by atoms with E-state index in [1.807, 2.05) is 0 Å². The summed E-state index contributed by atoms with van der Waals surface area (Å²) in [6.07, 6.45) is 0. The number of fused-ring (bicyclic) bond motifs is 1. The molecular weight excluding hydrogens is 410 g/mol. The van der Waals surface area contributed by atoms with Gasteiger partial charge in [-0.2, -0.15) is 4.31 Å². The number of benzene rings is 1. The summed E-state index contributed by atoms with van der Waals surface area (Å²) in [5.74, 6) is -0.254. The van der Waals surface area contributed by atoms with Gasteiger partial charge in [-0.15, -0.1) is 0 Å². The Balaban J connectivity index is 1.86. The van der Waals surface area contributed by atoms with E-state index in [9.17, 15) is 22.8 Å². The van der Waals surface area contributed by atoms with Crippen LogP contribution < -0.4 is 11.2 Å². The van der Waals surface area contributed by atoms with E-state index in [0.717, 1.165) is 28.5 Å². The molecule has 164 valence electrons. The van der Waals surface area contributed by atoms with E-state index < -0.39 is 21.3 Å². The first kappa shape index (κ1) is 22.2. The zero-order chi connectivity index (χ0) is 22.2. The SMILES string of the molecule is CCN1CCN(C(=O)CN(C)S(=O)(=O)c2ccc3c(c2)c(=O)n(C)c(=O)n3C)CC1. The van der Waals surface area contributed by atoms with Crippen LogP contribution in [0.3, 0.4) is 0 Å². The molecule has 11 heteroatoms. The van der Waals surface area contributed by atoms with E-state index in [2.05, 4.69) is 11.8 Å². The molecule has 10 nitrogen and oxygen atoms in total. The zero-order valence-corrected chi connectivity index (χ0v) is 18.5. The molecule has 0 saturated carbocycles. The van der Waals surface area contributed by atoms with Crippen LogP contribution in [0.5, 0.6) is 0 Å². The van der Waals surface area contributed by atoms with Crippen LogP contribution in [0.2, 0.25) is 0 Å². The fraction of sp³-hybridized carbons (Fsp3) is 0.526. The Kier molecular flexibility index (Phi) is 6.16. The van der Waals surface area contributed by atoms with Crippen molar-refractivity contribution in [3.8, 4) is 0 Å². The Bertz CT molecular complexity index is 1190. The monoisotopic (exact) mass is 437 g/mol. The Morgan fingerprint density at radius 3 is 2.30 bits per heavy atom. The maximum Gasteiger partial charge on any atom is 0.330 e. The molecule has 0 aliphatic carbocycles. The lowest BCUT2D eigenvalue weighted by atomic mass is 10.2. The number of hydrogen-bond acceptors (Lipinski definition) is 6. The van der Waals surface area contributed by atoms with Gasteiger partial charge in [-0.3, -0.25) is 18.7 Å². The van der Waals surface area contributed by atoms with E-state index in [4.69, 9.17) is 0 Å². The average molecular weight is 438 g/mol. The van der Waals surface area contributed by atoms with E-state index in [1.54, 1.807) is 4.90 Å². The van der Waals surface area contributed by atoms with Gasteiger partial charge in [0.05, 0.1) is 22.3 Å². The third kappa shape index (κ3) is 3.92. The molecule has 1 amide bonds. The summed E-state index contributed by atoms with van der Waals surface area (Å²) >= 11 is 0. The lowest BCUT2D eigenvalue weighted by molar-refractivity contribution is -0.132. The quantitative estimate of drug-likeness (QED) is 0.596. The van der Waals surface area contributed by atoms with Crippen LogP contribution in [0.15, 0.2) is 32.7 Å². The second kappa shape index (κ2) is 8.32. The third-order valence-corrected chi connectivity index (χ3v) is 7.48. The number of carbonyl (C=O) groups is 1. The Morgan fingerprint density at radius 2 is 1.70 bits per heavy atom. The smallest absolute Gasteiger partial charge is 0.330 e. The fourth-order valence-corrected chi connectivity index (χ4v) is 4.75. The predicted molar refractivity (Wildman–Crippen MR) is 113 cm³/mol. The summed E-state index contributed by atoms with van der Waals surface area (Å²) in [6.45, 7) is 5.38. The summed E-state index contributed by atoms with van der Waals surface area (Å²) in [5.41, 5.74) is -0.721. The Labute approximate surface area is 175 Å². The van der Waals surface area contributed by atoms with Crippen LogP contribution in [0.1, 0.15) is 6.92 Å². The summed E-state index contributed by atoms with van der Waals surface area (Å²) in [7, 11) is 0.210. The van der Waals surface area contributed by atoms with E-state index in [0.29, 0.717) is 18.6 Å². The van der Waals surface area contributed by atoms with Gasteiger partial charge in [-0.05, 0) is 24.7 Å². The maximum absolute atomic E-state index is 13.0. The van der Waals surface area contributed by atoms with Gasteiger partial charge < -0.3 is 9.80 Å². The van der Waals surface area contributed by atoms with Crippen LogP contribution in [0.4, 0.5) is 0 Å². The summed E-state index contributed by atoms with van der Waals surface area (Å²) in [4.78, 5) is 40.9. The number of piperazine rings is 1. The normalized spacial score (nSPS) is 15.8. The van der Waals surface area contributed by atoms with E-state index in [-0.39, 0.29) is 22.7 Å². The lowest BCUT2D eigenvalue weighted by Gasteiger charge is -2.34. The number of likely N-dealkylation sites (N-methyl/N-ethyl adjacent to an activating group) is 2. The molecule has 1 aromatic carbocycles. The van der Waals surface area contributed by atoms with Crippen LogP contribution in [0, 0.1) is 0 Å². The number of aromatic nitrogens is 2. The zero-order valence-electron chi connectivity index (χ0n) is 17.7. The second-order valence-corrected chi connectivity index (χ2v) is 9.51. The first-order chi connectivity index (χ1) is 14.1. The van der Waals surface area contributed by atoms with Crippen LogP contribution in [-0.4, -0.2) is 83.9 Å². The number of nitrogens with zero attached hydrogens (tertiary/aromatic N) is 5. The highest BCUT2D eigenvalue weighted by Crippen LogP contribution is 2.19. The number of hydrogen-bond donors (Lipinski definition) is 0. The Morgan fingerprint density at radius 1 is 1.07 bits per heavy atom. The largest absolute Gasteiger partial charge is 0.339 e. The molecule has 1 aromatic heterocycles. The molecule has 0 radical (unpaired) electrons. The molecule has 2 aromatic rings.